The molecule has 0 amide bonds. The topological polar surface area (TPSA) is 23.5 Å². The average molecular weight is 207 g/mol. The molecule has 1 atom stereocenters. The predicted octanol–water partition coefficient (Wildman–Crippen LogP) is 2.45. The highest BCUT2D eigenvalue weighted by Gasteiger charge is 2.08. The number of nitrogens with zero attached hydrogens (tertiary/aromatic N) is 1. The molecule has 0 radical (unpaired) electrons. The maximum Gasteiger partial charge on any atom is 0.0802 e. The molecule has 84 valence electrons. The fourth-order valence-electron chi connectivity index (χ4n) is 1.69. The van der Waals surface area contributed by atoms with Crippen molar-refractivity contribution in [2.24, 2.45) is 0 Å². The molecule has 15 heavy (non-hydrogen) atoms. The van der Waals surface area contributed by atoms with Crippen LogP contribution in [0, 0.1) is 0 Å². The predicted molar refractivity (Wildman–Crippen MR) is 63.8 cm³/mol. The van der Waals surface area contributed by atoms with Gasteiger partial charge in [0.1, 0.15) is 0 Å². The Balaban J connectivity index is 2.39. The number of aliphatic hydroxyl groups is 1. The largest absolute Gasteiger partial charge is 0.388 e. The van der Waals surface area contributed by atoms with Crippen molar-refractivity contribution in [2.45, 2.75) is 26.4 Å². The molecule has 0 aromatic heterocycles. The van der Waals surface area contributed by atoms with Gasteiger partial charge in [-0.2, -0.15) is 0 Å². The summed E-state index contributed by atoms with van der Waals surface area (Å²) in [7, 11) is 0. The van der Waals surface area contributed by atoms with Gasteiger partial charge in [-0.3, -0.25) is 0 Å². The van der Waals surface area contributed by atoms with Crippen molar-refractivity contribution in [2.75, 3.05) is 19.6 Å². The fraction of sp³-hybridized carbons (Fsp3) is 0.538. The van der Waals surface area contributed by atoms with E-state index >= 15 is 0 Å². The van der Waals surface area contributed by atoms with Crippen molar-refractivity contribution >= 4 is 0 Å². The van der Waals surface area contributed by atoms with Gasteiger partial charge in [-0.05, 0) is 25.1 Å². The van der Waals surface area contributed by atoms with E-state index in [4.69, 9.17) is 0 Å². The van der Waals surface area contributed by atoms with Crippen LogP contribution >= 0.6 is 0 Å². The van der Waals surface area contributed by atoms with E-state index in [0.717, 1.165) is 31.6 Å². The molecule has 0 fully saturated rings. The standard InChI is InChI=1S/C13H21NO/c1-3-14(4-2)11-10-13(15)12-8-6-5-7-9-12/h5-9,13,15H,3-4,10-11H2,1-2H3/t13-/m1/s1. The van der Waals surface area contributed by atoms with Gasteiger partial charge in [0.25, 0.3) is 0 Å². The summed E-state index contributed by atoms with van der Waals surface area (Å²) in [6.45, 7) is 7.37. The molecule has 1 rings (SSSR count). The lowest BCUT2D eigenvalue weighted by atomic mass is 10.1. The second-order valence-electron chi connectivity index (χ2n) is 3.74. The van der Waals surface area contributed by atoms with Crippen LogP contribution in [0.4, 0.5) is 0 Å². The van der Waals surface area contributed by atoms with Crippen molar-refractivity contribution in [3.05, 3.63) is 35.9 Å². The van der Waals surface area contributed by atoms with Crippen LogP contribution in [0.3, 0.4) is 0 Å². The molecular formula is C13H21NO. The van der Waals surface area contributed by atoms with Gasteiger partial charge < -0.3 is 10.0 Å². The highest BCUT2D eigenvalue weighted by molar-refractivity contribution is 5.17. The first-order chi connectivity index (χ1) is 7.27. The van der Waals surface area contributed by atoms with Crippen molar-refractivity contribution in [3.8, 4) is 0 Å². The summed E-state index contributed by atoms with van der Waals surface area (Å²) < 4.78 is 0. The van der Waals surface area contributed by atoms with E-state index in [-0.39, 0.29) is 6.10 Å². The summed E-state index contributed by atoms with van der Waals surface area (Å²) in [5.74, 6) is 0. The third-order valence-corrected chi connectivity index (χ3v) is 2.80. The van der Waals surface area contributed by atoms with Crippen LogP contribution < -0.4 is 0 Å². The Morgan fingerprint density at radius 2 is 1.73 bits per heavy atom. The number of hydrogen-bond donors (Lipinski definition) is 1. The Morgan fingerprint density at radius 1 is 1.13 bits per heavy atom. The van der Waals surface area contributed by atoms with Crippen LogP contribution in [0.15, 0.2) is 30.3 Å². The van der Waals surface area contributed by atoms with E-state index in [1.165, 1.54) is 0 Å². The minimum Gasteiger partial charge on any atom is -0.388 e. The Labute approximate surface area is 92.5 Å². The highest BCUT2D eigenvalue weighted by Crippen LogP contribution is 2.15. The van der Waals surface area contributed by atoms with Gasteiger partial charge in [-0.15, -0.1) is 0 Å². The molecule has 0 aliphatic carbocycles. The molecular weight excluding hydrogens is 186 g/mol. The normalized spacial score (nSPS) is 13.1. The van der Waals surface area contributed by atoms with Crippen LogP contribution in [-0.4, -0.2) is 29.6 Å². The number of rotatable bonds is 6. The van der Waals surface area contributed by atoms with Gasteiger partial charge in [0.05, 0.1) is 6.10 Å². The first-order valence-electron chi connectivity index (χ1n) is 5.73. The molecule has 0 aliphatic heterocycles. The average Bonchev–Trinajstić information content (AvgIpc) is 2.31. The zero-order valence-electron chi connectivity index (χ0n) is 9.69. The molecule has 2 heteroatoms. The number of aliphatic hydroxyl groups excluding tert-OH is 1. The van der Waals surface area contributed by atoms with Crippen LogP contribution in [0.1, 0.15) is 31.9 Å². The van der Waals surface area contributed by atoms with Gasteiger partial charge in [0.15, 0.2) is 0 Å². The number of hydrogen-bond acceptors (Lipinski definition) is 2. The zero-order valence-corrected chi connectivity index (χ0v) is 9.69. The third-order valence-electron chi connectivity index (χ3n) is 2.80. The monoisotopic (exact) mass is 207 g/mol. The molecule has 0 aliphatic rings. The van der Waals surface area contributed by atoms with Crippen LogP contribution in [0.25, 0.3) is 0 Å². The summed E-state index contributed by atoms with van der Waals surface area (Å²) >= 11 is 0. The van der Waals surface area contributed by atoms with E-state index < -0.39 is 0 Å². The van der Waals surface area contributed by atoms with Gasteiger partial charge in [0.2, 0.25) is 0 Å². The van der Waals surface area contributed by atoms with Crippen molar-refractivity contribution in [1.82, 2.24) is 4.90 Å². The molecule has 0 saturated carbocycles. The van der Waals surface area contributed by atoms with Gasteiger partial charge in [0, 0.05) is 6.54 Å². The lowest BCUT2D eigenvalue weighted by Gasteiger charge is -2.20. The molecule has 1 N–H and O–H groups in total. The summed E-state index contributed by atoms with van der Waals surface area (Å²) in [4.78, 5) is 2.33. The van der Waals surface area contributed by atoms with E-state index in [2.05, 4.69) is 18.7 Å². The van der Waals surface area contributed by atoms with Crippen LogP contribution in [-0.2, 0) is 0 Å². The Kier molecular flexibility index (Phi) is 5.37. The first kappa shape index (κ1) is 12.2. The molecule has 0 spiro atoms. The summed E-state index contributed by atoms with van der Waals surface area (Å²) in [5.41, 5.74) is 1.02. The summed E-state index contributed by atoms with van der Waals surface area (Å²) in [5, 5.41) is 9.93. The Morgan fingerprint density at radius 3 is 2.27 bits per heavy atom. The lowest BCUT2D eigenvalue weighted by molar-refractivity contribution is 0.145. The minimum absolute atomic E-state index is 0.327. The van der Waals surface area contributed by atoms with E-state index in [0.29, 0.717) is 0 Å². The molecule has 0 bridgehead atoms. The minimum atomic E-state index is -0.327. The second-order valence-corrected chi connectivity index (χ2v) is 3.74. The maximum absolute atomic E-state index is 9.93. The highest BCUT2D eigenvalue weighted by atomic mass is 16.3. The fourth-order valence-corrected chi connectivity index (χ4v) is 1.69. The molecule has 0 unspecified atom stereocenters. The van der Waals surface area contributed by atoms with E-state index in [9.17, 15) is 5.11 Å². The Bertz CT molecular complexity index is 256. The van der Waals surface area contributed by atoms with Crippen LogP contribution in [0.2, 0.25) is 0 Å². The molecule has 1 aromatic carbocycles. The zero-order chi connectivity index (χ0) is 11.1. The smallest absolute Gasteiger partial charge is 0.0802 e. The third kappa shape index (κ3) is 4.02. The van der Waals surface area contributed by atoms with Gasteiger partial charge in [-0.25, -0.2) is 0 Å². The van der Waals surface area contributed by atoms with E-state index in [1.807, 2.05) is 30.3 Å². The van der Waals surface area contributed by atoms with Crippen molar-refractivity contribution in [1.29, 1.82) is 0 Å². The van der Waals surface area contributed by atoms with Crippen LogP contribution in [0.5, 0.6) is 0 Å². The molecule has 2 nitrogen and oxygen atoms in total. The maximum atomic E-state index is 9.93. The quantitative estimate of drug-likeness (QED) is 0.774. The lowest BCUT2D eigenvalue weighted by Crippen LogP contribution is -2.25. The summed E-state index contributed by atoms with van der Waals surface area (Å²) in [6.07, 6.45) is 0.484. The molecule has 0 saturated heterocycles. The molecule has 0 heterocycles. The Hall–Kier alpha value is -0.860. The number of benzene rings is 1. The van der Waals surface area contributed by atoms with Crippen molar-refractivity contribution < 1.29 is 5.11 Å². The van der Waals surface area contributed by atoms with E-state index in [1.54, 1.807) is 0 Å². The van der Waals surface area contributed by atoms with Crippen molar-refractivity contribution in [3.63, 3.8) is 0 Å². The van der Waals surface area contributed by atoms with Gasteiger partial charge in [-0.1, -0.05) is 44.2 Å². The van der Waals surface area contributed by atoms with Gasteiger partial charge >= 0.3 is 0 Å². The summed E-state index contributed by atoms with van der Waals surface area (Å²) in [6, 6.07) is 9.87. The SMILES string of the molecule is CCN(CC)CC[C@@H](O)c1ccccc1. The first-order valence-corrected chi connectivity index (χ1v) is 5.73. The second kappa shape index (κ2) is 6.59. The molecule has 1 aromatic rings.